The first-order chi connectivity index (χ1) is 4.54. The molecule has 0 unspecified atom stereocenters. The number of ether oxygens (including phenoxy) is 1. The molecule has 0 bridgehead atoms. The number of rotatable bonds is 3. The molecule has 0 aliphatic carbocycles. The second kappa shape index (κ2) is 3.66. The van der Waals surface area contributed by atoms with Crippen LogP contribution in [0.15, 0.2) is 0 Å². The van der Waals surface area contributed by atoms with Gasteiger partial charge in [-0.05, 0) is 12.8 Å². The van der Waals surface area contributed by atoms with Gasteiger partial charge in [-0.2, -0.15) is 0 Å². The quantitative estimate of drug-likeness (QED) is 0.518. The van der Waals surface area contributed by atoms with E-state index in [0.29, 0.717) is 12.8 Å². The van der Waals surface area contributed by atoms with E-state index >= 15 is 0 Å². The lowest BCUT2D eigenvalue weighted by molar-refractivity contribution is 0.0263. The van der Waals surface area contributed by atoms with Gasteiger partial charge in [0.15, 0.2) is 5.06 Å². The van der Waals surface area contributed by atoms with Crippen LogP contribution in [0, 0.1) is 0 Å². The lowest BCUT2D eigenvalue weighted by atomic mass is 10.2. The number of carbonyl (C=O) groups is 1. The summed E-state index contributed by atoms with van der Waals surface area (Å²) in [4.78, 5) is 10.0. The third-order valence-corrected chi connectivity index (χ3v) is 1.94. The molecule has 0 spiro atoms. The predicted octanol–water partition coefficient (Wildman–Crippen LogP) is 2.44. The van der Waals surface area contributed by atoms with Crippen LogP contribution in [0.2, 0.25) is 0 Å². The van der Waals surface area contributed by atoms with E-state index in [-0.39, 0.29) is 0 Å². The van der Waals surface area contributed by atoms with Crippen LogP contribution in [-0.4, -0.2) is 16.3 Å². The summed E-state index contributed by atoms with van der Waals surface area (Å²) >= 11 is 5.70. The first-order valence-electron chi connectivity index (χ1n) is 3.15. The molecule has 0 saturated carbocycles. The van der Waals surface area contributed by atoms with Crippen molar-refractivity contribution in [2.24, 2.45) is 0 Å². The zero-order valence-corrected chi connectivity index (χ0v) is 6.81. The molecule has 0 heterocycles. The maximum absolute atomic E-state index is 10.0. The van der Waals surface area contributed by atoms with Crippen LogP contribution in [0.3, 0.4) is 0 Å². The molecule has 0 radical (unpaired) electrons. The zero-order chi connectivity index (χ0) is 8.20. The van der Waals surface area contributed by atoms with E-state index in [0.717, 1.165) is 0 Å². The summed E-state index contributed by atoms with van der Waals surface area (Å²) in [6.45, 7) is 3.55. The molecule has 4 heteroatoms. The van der Waals surface area contributed by atoms with E-state index in [1.807, 2.05) is 0 Å². The number of halogens is 1. The van der Waals surface area contributed by atoms with E-state index in [4.69, 9.17) is 16.7 Å². The van der Waals surface area contributed by atoms with E-state index in [1.54, 1.807) is 13.8 Å². The number of carboxylic acid groups (broad SMARTS) is 1. The standard InChI is InChI=1S/C6H11ClO3/c1-3-6(7,4-2)10-5(8)9/h3-4H2,1-2H3,(H,8,9). The van der Waals surface area contributed by atoms with Gasteiger partial charge in [0.25, 0.3) is 0 Å². The minimum absolute atomic E-state index is 0.483. The fourth-order valence-corrected chi connectivity index (χ4v) is 0.617. The largest absolute Gasteiger partial charge is 0.507 e. The second-order valence-electron chi connectivity index (χ2n) is 1.96. The number of hydrogen-bond acceptors (Lipinski definition) is 2. The van der Waals surface area contributed by atoms with Gasteiger partial charge < -0.3 is 9.84 Å². The first kappa shape index (κ1) is 9.56. The Morgan fingerprint density at radius 2 is 2.00 bits per heavy atom. The molecule has 0 aromatic heterocycles. The van der Waals surface area contributed by atoms with Gasteiger partial charge in [0.2, 0.25) is 0 Å². The molecule has 0 atom stereocenters. The fourth-order valence-electron chi connectivity index (χ4n) is 0.551. The molecule has 0 aromatic rings. The van der Waals surface area contributed by atoms with Crippen molar-refractivity contribution in [3.05, 3.63) is 0 Å². The third kappa shape index (κ3) is 2.92. The maximum atomic E-state index is 10.0. The highest BCUT2D eigenvalue weighted by Crippen LogP contribution is 2.25. The molecule has 0 rings (SSSR count). The molecule has 0 amide bonds. The summed E-state index contributed by atoms with van der Waals surface area (Å²) < 4.78 is 4.42. The Labute approximate surface area is 64.9 Å². The first-order valence-corrected chi connectivity index (χ1v) is 3.52. The smallest absolute Gasteiger partial charge is 0.450 e. The highest BCUT2D eigenvalue weighted by atomic mass is 35.5. The van der Waals surface area contributed by atoms with Gasteiger partial charge in [-0.3, -0.25) is 0 Å². The molecule has 0 saturated heterocycles. The zero-order valence-electron chi connectivity index (χ0n) is 6.06. The Hall–Kier alpha value is -0.440. The van der Waals surface area contributed by atoms with Crippen LogP contribution in [0.5, 0.6) is 0 Å². The van der Waals surface area contributed by atoms with E-state index in [9.17, 15) is 4.79 Å². The topological polar surface area (TPSA) is 46.5 Å². The molecule has 0 aromatic carbocycles. The SMILES string of the molecule is CCC(Cl)(CC)OC(=O)O. The molecule has 0 fully saturated rings. The van der Waals surface area contributed by atoms with Crippen LogP contribution in [0.1, 0.15) is 26.7 Å². The minimum Gasteiger partial charge on any atom is -0.450 e. The number of alkyl halides is 1. The molecule has 0 aliphatic rings. The lowest BCUT2D eigenvalue weighted by Gasteiger charge is -2.21. The highest BCUT2D eigenvalue weighted by molar-refractivity contribution is 6.23. The van der Waals surface area contributed by atoms with Gasteiger partial charge in [-0.15, -0.1) is 0 Å². The van der Waals surface area contributed by atoms with Gasteiger partial charge >= 0.3 is 6.16 Å². The van der Waals surface area contributed by atoms with Gasteiger partial charge in [-0.25, -0.2) is 4.79 Å². The van der Waals surface area contributed by atoms with Crippen molar-refractivity contribution in [1.29, 1.82) is 0 Å². The Morgan fingerprint density at radius 3 is 2.10 bits per heavy atom. The van der Waals surface area contributed by atoms with Gasteiger partial charge in [0, 0.05) is 0 Å². The van der Waals surface area contributed by atoms with Crippen LogP contribution >= 0.6 is 11.6 Å². The predicted molar refractivity (Wildman–Crippen MR) is 38.3 cm³/mol. The van der Waals surface area contributed by atoms with Crippen molar-refractivity contribution in [1.82, 2.24) is 0 Å². The van der Waals surface area contributed by atoms with Crippen molar-refractivity contribution in [2.75, 3.05) is 0 Å². The average Bonchev–Trinajstić information content (AvgIpc) is 1.87. The molecular formula is C6H11ClO3. The fraction of sp³-hybridized carbons (Fsp3) is 0.833. The van der Waals surface area contributed by atoms with Crippen molar-refractivity contribution in [3.63, 3.8) is 0 Å². The highest BCUT2D eigenvalue weighted by Gasteiger charge is 2.26. The Morgan fingerprint density at radius 1 is 1.60 bits per heavy atom. The van der Waals surface area contributed by atoms with E-state index < -0.39 is 11.2 Å². The average molecular weight is 167 g/mol. The summed E-state index contributed by atoms with van der Waals surface area (Å²) in [5.74, 6) is 0. The van der Waals surface area contributed by atoms with Crippen LogP contribution < -0.4 is 0 Å². The van der Waals surface area contributed by atoms with E-state index in [2.05, 4.69) is 4.74 Å². The third-order valence-electron chi connectivity index (χ3n) is 1.33. The van der Waals surface area contributed by atoms with Gasteiger partial charge in [0.05, 0.1) is 0 Å². The van der Waals surface area contributed by atoms with Gasteiger partial charge in [-0.1, -0.05) is 25.4 Å². The summed E-state index contributed by atoms with van der Waals surface area (Å²) in [6, 6.07) is 0. The summed E-state index contributed by atoms with van der Waals surface area (Å²) in [7, 11) is 0. The van der Waals surface area contributed by atoms with Gasteiger partial charge in [0.1, 0.15) is 0 Å². The Balaban J connectivity index is 3.92. The van der Waals surface area contributed by atoms with Crippen molar-refractivity contribution >= 4 is 17.8 Å². The monoisotopic (exact) mass is 166 g/mol. The summed E-state index contributed by atoms with van der Waals surface area (Å²) in [5.41, 5.74) is 0. The van der Waals surface area contributed by atoms with Crippen LogP contribution in [0.25, 0.3) is 0 Å². The summed E-state index contributed by atoms with van der Waals surface area (Å²) in [6.07, 6.45) is -0.354. The van der Waals surface area contributed by atoms with Crippen molar-refractivity contribution in [2.45, 2.75) is 31.7 Å². The van der Waals surface area contributed by atoms with Crippen LogP contribution in [0.4, 0.5) is 4.79 Å². The lowest BCUT2D eigenvalue weighted by Crippen LogP contribution is -2.26. The second-order valence-corrected chi connectivity index (χ2v) is 2.65. The molecule has 3 nitrogen and oxygen atoms in total. The van der Waals surface area contributed by atoms with Crippen LogP contribution in [-0.2, 0) is 4.74 Å². The number of hydrogen-bond donors (Lipinski definition) is 1. The molecular weight excluding hydrogens is 156 g/mol. The Bertz CT molecular complexity index is 120. The molecule has 0 aliphatic heterocycles. The minimum atomic E-state index is -1.32. The van der Waals surface area contributed by atoms with E-state index in [1.165, 1.54) is 0 Å². The van der Waals surface area contributed by atoms with Crippen molar-refractivity contribution in [3.8, 4) is 0 Å². The van der Waals surface area contributed by atoms with Crippen molar-refractivity contribution < 1.29 is 14.6 Å². The molecule has 10 heavy (non-hydrogen) atoms. The molecule has 60 valence electrons. The Kier molecular flexibility index (Phi) is 3.50. The summed E-state index contributed by atoms with van der Waals surface area (Å²) in [5, 5.41) is 7.18. The molecule has 1 N–H and O–H groups in total. The maximum Gasteiger partial charge on any atom is 0.507 e. The normalized spacial score (nSPS) is 11.1.